The van der Waals surface area contributed by atoms with Gasteiger partial charge in [-0.15, -0.1) is 0 Å². The normalized spacial score (nSPS) is 17.7. The lowest BCUT2D eigenvalue weighted by Crippen LogP contribution is -2.52. The molecule has 0 spiro atoms. The van der Waals surface area contributed by atoms with Crippen LogP contribution in [0, 0.1) is 0 Å². The highest BCUT2D eigenvalue weighted by atomic mass is 32.2. The fourth-order valence-electron chi connectivity index (χ4n) is 3.80. The number of aryl methyl sites for hydroxylation is 1. The zero-order chi connectivity index (χ0) is 20.5. The Morgan fingerprint density at radius 1 is 0.931 bits per heavy atom. The monoisotopic (exact) mass is 414 g/mol. The molecule has 0 saturated carbocycles. The van der Waals surface area contributed by atoms with E-state index < -0.39 is 16.1 Å². The maximum atomic E-state index is 12.9. The van der Waals surface area contributed by atoms with Gasteiger partial charge in [-0.2, -0.15) is 4.31 Å². The summed E-state index contributed by atoms with van der Waals surface area (Å²) in [5, 5.41) is 2.96. The van der Waals surface area contributed by atoms with E-state index in [9.17, 15) is 13.2 Å². The molecule has 0 aliphatic carbocycles. The van der Waals surface area contributed by atoms with Crippen LogP contribution in [0.15, 0.2) is 60.7 Å². The first-order valence-electron chi connectivity index (χ1n) is 10.4. The van der Waals surface area contributed by atoms with Crippen molar-refractivity contribution in [2.24, 2.45) is 0 Å². The minimum absolute atomic E-state index is 0.0608. The van der Waals surface area contributed by atoms with E-state index in [1.54, 1.807) is 0 Å². The molecule has 5 nitrogen and oxygen atoms in total. The van der Waals surface area contributed by atoms with Crippen molar-refractivity contribution in [2.75, 3.05) is 13.1 Å². The SMILES string of the molecule is O=C(NCCCCc1ccccc1)[C@@H]1CCCCN1S(=O)(=O)Cc1ccccc1. The molecule has 1 N–H and O–H groups in total. The first-order valence-corrected chi connectivity index (χ1v) is 12.0. The van der Waals surface area contributed by atoms with Crippen LogP contribution in [0.3, 0.4) is 0 Å². The van der Waals surface area contributed by atoms with Gasteiger partial charge in [-0.3, -0.25) is 4.79 Å². The predicted molar refractivity (Wildman–Crippen MR) is 116 cm³/mol. The lowest BCUT2D eigenvalue weighted by atomic mass is 10.0. The van der Waals surface area contributed by atoms with Gasteiger partial charge in [-0.1, -0.05) is 67.1 Å². The largest absolute Gasteiger partial charge is 0.355 e. The average Bonchev–Trinajstić information content (AvgIpc) is 2.74. The van der Waals surface area contributed by atoms with Gasteiger partial charge < -0.3 is 5.32 Å². The maximum Gasteiger partial charge on any atom is 0.238 e. The minimum atomic E-state index is -3.53. The third-order valence-electron chi connectivity index (χ3n) is 5.34. The lowest BCUT2D eigenvalue weighted by Gasteiger charge is -2.33. The number of nitrogens with one attached hydrogen (secondary N) is 1. The summed E-state index contributed by atoms with van der Waals surface area (Å²) in [5.74, 6) is -0.227. The molecule has 1 aliphatic heterocycles. The van der Waals surface area contributed by atoms with Crippen LogP contribution < -0.4 is 5.32 Å². The van der Waals surface area contributed by atoms with Gasteiger partial charge in [0.2, 0.25) is 15.9 Å². The highest BCUT2D eigenvalue weighted by Gasteiger charge is 2.36. The summed E-state index contributed by atoms with van der Waals surface area (Å²) in [4.78, 5) is 12.7. The van der Waals surface area contributed by atoms with Crippen molar-refractivity contribution in [3.63, 3.8) is 0 Å². The third-order valence-corrected chi connectivity index (χ3v) is 7.19. The molecule has 6 heteroatoms. The van der Waals surface area contributed by atoms with E-state index in [0.29, 0.717) is 19.5 Å². The van der Waals surface area contributed by atoms with Crippen LogP contribution in [-0.4, -0.2) is 37.8 Å². The second-order valence-electron chi connectivity index (χ2n) is 7.60. The maximum absolute atomic E-state index is 12.9. The van der Waals surface area contributed by atoms with Crippen molar-refractivity contribution >= 4 is 15.9 Å². The van der Waals surface area contributed by atoms with E-state index in [0.717, 1.165) is 37.7 Å². The Kier molecular flexibility index (Phi) is 7.83. The van der Waals surface area contributed by atoms with Crippen molar-refractivity contribution in [1.82, 2.24) is 9.62 Å². The topological polar surface area (TPSA) is 66.5 Å². The van der Waals surface area contributed by atoms with Crippen LogP contribution in [0.25, 0.3) is 0 Å². The number of hydrogen-bond acceptors (Lipinski definition) is 3. The molecule has 1 saturated heterocycles. The molecule has 2 aromatic rings. The fourth-order valence-corrected chi connectivity index (χ4v) is 5.57. The number of piperidine rings is 1. The standard InChI is InChI=1S/C23H30N2O3S/c26-23(24-17-9-7-13-20-11-3-1-4-12-20)22-16-8-10-18-25(22)29(27,28)19-21-14-5-2-6-15-21/h1-6,11-12,14-15,22H,7-10,13,16-19H2,(H,24,26)/t22-/m0/s1. The van der Waals surface area contributed by atoms with Crippen LogP contribution in [0.2, 0.25) is 0 Å². The van der Waals surface area contributed by atoms with Gasteiger partial charge in [0.15, 0.2) is 0 Å². The number of sulfonamides is 1. The van der Waals surface area contributed by atoms with Gasteiger partial charge >= 0.3 is 0 Å². The number of benzene rings is 2. The molecule has 1 fully saturated rings. The smallest absolute Gasteiger partial charge is 0.238 e. The number of amides is 1. The van der Waals surface area contributed by atoms with Gasteiger partial charge in [-0.25, -0.2) is 8.42 Å². The third kappa shape index (κ3) is 6.41. The number of carbonyl (C=O) groups is 1. The van der Waals surface area contributed by atoms with E-state index in [2.05, 4.69) is 17.4 Å². The zero-order valence-electron chi connectivity index (χ0n) is 16.8. The first-order chi connectivity index (χ1) is 14.1. The van der Waals surface area contributed by atoms with E-state index in [4.69, 9.17) is 0 Å². The molecule has 1 atom stereocenters. The summed E-state index contributed by atoms with van der Waals surface area (Å²) >= 11 is 0. The van der Waals surface area contributed by atoms with Crippen molar-refractivity contribution in [3.05, 3.63) is 71.8 Å². The Hall–Kier alpha value is -2.18. The summed E-state index contributed by atoms with van der Waals surface area (Å²) in [6.07, 6.45) is 5.12. The number of hydrogen-bond donors (Lipinski definition) is 1. The fraction of sp³-hybridized carbons (Fsp3) is 0.435. The van der Waals surface area contributed by atoms with Crippen LogP contribution in [0.4, 0.5) is 0 Å². The molecular weight excluding hydrogens is 384 g/mol. The van der Waals surface area contributed by atoms with E-state index >= 15 is 0 Å². The van der Waals surface area contributed by atoms with Gasteiger partial charge in [0, 0.05) is 13.1 Å². The van der Waals surface area contributed by atoms with Gasteiger partial charge in [0.05, 0.1) is 5.75 Å². The molecule has 0 aromatic heterocycles. The minimum Gasteiger partial charge on any atom is -0.355 e. The Balaban J connectivity index is 1.51. The van der Waals surface area contributed by atoms with Gasteiger partial charge in [0.1, 0.15) is 6.04 Å². The molecule has 0 bridgehead atoms. The summed E-state index contributed by atoms with van der Waals surface area (Å²) in [6, 6.07) is 18.8. The number of carbonyl (C=O) groups excluding carboxylic acids is 1. The van der Waals surface area contributed by atoms with Crippen molar-refractivity contribution in [1.29, 1.82) is 0 Å². The van der Waals surface area contributed by atoms with Crippen molar-refractivity contribution in [3.8, 4) is 0 Å². The molecule has 2 aromatic carbocycles. The molecule has 29 heavy (non-hydrogen) atoms. The van der Waals surface area contributed by atoms with Gasteiger partial charge in [0.25, 0.3) is 0 Å². The predicted octanol–water partition coefficient (Wildman–Crippen LogP) is 3.51. The molecule has 0 radical (unpaired) electrons. The molecule has 1 aliphatic rings. The molecule has 3 rings (SSSR count). The highest BCUT2D eigenvalue weighted by molar-refractivity contribution is 7.88. The second-order valence-corrected chi connectivity index (χ2v) is 9.52. The van der Waals surface area contributed by atoms with Gasteiger partial charge in [-0.05, 0) is 43.2 Å². The average molecular weight is 415 g/mol. The Morgan fingerprint density at radius 2 is 1.59 bits per heavy atom. The first kappa shape index (κ1) is 21.5. The summed E-state index contributed by atoms with van der Waals surface area (Å²) in [5.41, 5.74) is 2.04. The summed E-state index contributed by atoms with van der Waals surface area (Å²) in [7, 11) is -3.53. The molecule has 156 valence electrons. The van der Waals surface area contributed by atoms with E-state index in [-0.39, 0.29) is 11.7 Å². The Bertz CT molecular complexity index is 870. The van der Waals surface area contributed by atoms with Crippen molar-refractivity contribution in [2.45, 2.75) is 50.3 Å². The molecule has 1 heterocycles. The highest BCUT2D eigenvalue weighted by Crippen LogP contribution is 2.23. The molecular formula is C23H30N2O3S. The summed E-state index contributed by atoms with van der Waals surface area (Å²) in [6.45, 7) is 0.996. The molecule has 0 unspecified atom stereocenters. The number of rotatable bonds is 9. The van der Waals surface area contributed by atoms with Crippen molar-refractivity contribution < 1.29 is 13.2 Å². The van der Waals surface area contributed by atoms with Crippen LogP contribution in [0.5, 0.6) is 0 Å². The van der Waals surface area contributed by atoms with Crippen LogP contribution in [0.1, 0.15) is 43.2 Å². The Morgan fingerprint density at radius 3 is 2.28 bits per heavy atom. The molecule has 1 amide bonds. The van der Waals surface area contributed by atoms with Crippen LogP contribution >= 0.6 is 0 Å². The number of nitrogens with zero attached hydrogens (tertiary/aromatic N) is 1. The zero-order valence-corrected chi connectivity index (χ0v) is 17.6. The second kappa shape index (κ2) is 10.6. The van der Waals surface area contributed by atoms with Crippen LogP contribution in [-0.2, 0) is 27.0 Å². The summed E-state index contributed by atoms with van der Waals surface area (Å²) < 4.78 is 27.3. The Labute approximate surface area is 174 Å². The van der Waals surface area contributed by atoms with E-state index in [1.807, 2.05) is 48.5 Å². The number of unbranched alkanes of at least 4 members (excludes halogenated alkanes) is 1. The van der Waals surface area contributed by atoms with E-state index in [1.165, 1.54) is 9.87 Å². The quantitative estimate of drug-likeness (QED) is 0.639. The lowest BCUT2D eigenvalue weighted by molar-refractivity contribution is -0.125.